The first-order chi connectivity index (χ1) is 23.7. The molecule has 0 saturated carbocycles. The third-order valence-electron chi connectivity index (χ3n) is 12.7. The molecule has 4 aliphatic rings. The van der Waals surface area contributed by atoms with Crippen molar-refractivity contribution >= 4 is 91.8 Å². The summed E-state index contributed by atoms with van der Waals surface area (Å²) in [5, 5.41) is 10.6. The van der Waals surface area contributed by atoms with Crippen LogP contribution in [0, 0.1) is 20.8 Å². The van der Waals surface area contributed by atoms with Gasteiger partial charge in [0.2, 0.25) is 13.4 Å². The first-order valence-electron chi connectivity index (χ1n) is 18.0. The second-order valence-corrected chi connectivity index (χ2v) is 21.6. The number of rotatable bonds is 1. The molecule has 8 aromatic carbocycles. The van der Waals surface area contributed by atoms with Gasteiger partial charge in [0.1, 0.15) is 0 Å². The summed E-state index contributed by atoms with van der Waals surface area (Å²) in [5.74, 6) is 0. The quantitative estimate of drug-likeness (QED) is 0.134. The Balaban J connectivity index is 1.34. The fourth-order valence-corrected chi connectivity index (χ4v) is 12.6. The smallest absolute Gasteiger partial charge is 0.0664 e. The van der Waals surface area contributed by atoms with Crippen molar-refractivity contribution in [3.05, 3.63) is 114 Å². The topological polar surface area (TPSA) is 0 Å². The van der Waals surface area contributed by atoms with Crippen LogP contribution in [0.3, 0.4) is 0 Å². The fraction of sp³-hybridized carbons (Fsp3) is 0.130. The highest BCUT2D eigenvalue weighted by Gasteiger charge is 2.44. The van der Waals surface area contributed by atoms with Crippen LogP contribution in [0.15, 0.2) is 97.1 Å². The van der Waals surface area contributed by atoms with Gasteiger partial charge in [-0.3, -0.25) is 0 Å². The lowest BCUT2D eigenvalue weighted by atomic mass is 9.34. The minimum Gasteiger partial charge on any atom is -0.0664 e. The molecule has 4 aliphatic heterocycles. The molecule has 12 rings (SSSR count). The second kappa shape index (κ2) is 8.47. The average molecular weight is 636 g/mol. The Morgan fingerprint density at radius 2 is 0.857 bits per heavy atom. The van der Waals surface area contributed by atoms with Crippen LogP contribution < -0.4 is 38.0 Å². The number of fused-ring (bicyclic) bond motifs is 10. The Morgan fingerprint density at radius 1 is 0.408 bits per heavy atom. The monoisotopic (exact) mass is 636 g/mol. The summed E-state index contributed by atoms with van der Waals surface area (Å²) in [6.45, 7) is 15.1. The highest BCUT2D eigenvalue weighted by atomic mass is 28.3. The number of hydrogen-bond donors (Lipinski definition) is 0. The zero-order valence-electron chi connectivity index (χ0n) is 28.9. The van der Waals surface area contributed by atoms with Gasteiger partial charge in [0, 0.05) is 0 Å². The summed E-state index contributed by atoms with van der Waals surface area (Å²) < 4.78 is 0. The minimum atomic E-state index is -1.79. The first-order valence-corrected chi connectivity index (χ1v) is 21.5. The predicted octanol–water partition coefficient (Wildman–Crippen LogP) is 7.01. The van der Waals surface area contributed by atoms with Crippen molar-refractivity contribution in [3.63, 3.8) is 0 Å². The molecular weight excluding hydrogens is 602 g/mol. The molecule has 0 fully saturated rings. The maximum absolute atomic E-state index is 2.69. The molecule has 0 saturated heterocycles. The minimum absolute atomic E-state index is 0.262. The highest BCUT2D eigenvalue weighted by Crippen LogP contribution is 2.47. The maximum atomic E-state index is 2.69. The van der Waals surface area contributed by atoms with Crippen molar-refractivity contribution in [2.45, 2.75) is 40.4 Å². The highest BCUT2D eigenvalue weighted by molar-refractivity contribution is 7.03. The molecule has 0 radical (unpaired) electrons. The standard InChI is InChI=1S/C46H34B2Si/c1-23-15-31-26-11-8-10-14-37(26)48-39-21-35-40(49(4,5)6)22-30-34-18-24(2)16-32-27-12-7-9-13-36(27)47(46(32)34)38-20-28-25(3)19-29(33(17-23)45(31)48)41(39)43(28)44(35)42(30)38/h7-22H,1-6H3. The lowest BCUT2D eigenvalue weighted by Gasteiger charge is -2.34. The third-order valence-corrected chi connectivity index (χ3v) is 14.8. The summed E-state index contributed by atoms with van der Waals surface area (Å²) in [5.41, 5.74) is 24.6. The Morgan fingerprint density at radius 3 is 1.39 bits per heavy atom. The van der Waals surface area contributed by atoms with Gasteiger partial charge in [-0.15, -0.1) is 0 Å². The van der Waals surface area contributed by atoms with E-state index in [1.165, 1.54) is 126 Å². The normalized spacial score (nSPS) is 14.2. The van der Waals surface area contributed by atoms with Crippen molar-refractivity contribution in [2.24, 2.45) is 0 Å². The van der Waals surface area contributed by atoms with Crippen LogP contribution in [0.5, 0.6) is 0 Å². The van der Waals surface area contributed by atoms with E-state index in [-0.39, 0.29) is 13.4 Å². The molecule has 8 aromatic rings. The lowest BCUT2D eigenvalue weighted by Crippen LogP contribution is -2.53. The van der Waals surface area contributed by atoms with E-state index in [1.54, 1.807) is 5.19 Å². The average Bonchev–Trinajstić information content (AvgIpc) is 3.59. The first kappa shape index (κ1) is 27.0. The van der Waals surface area contributed by atoms with Gasteiger partial charge in [-0.25, -0.2) is 0 Å². The van der Waals surface area contributed by atoms with Crippen molar-refractivity contribution in [1.29, 1.82) is 0 Å². The van der Waals surface area contributed by atoms with E-state index < -0.39 is 8.07 Å². The molecular formula is C46H34B2Si. The molecule has 0 amide bonds. The number of aryl methyl sites for hydroxylation is 3. The van der Waals surface area contributed by atoms with E-state index in [9.17, 15) is 0 Å². The van der Waals surface area contributed by atoms with Crippen LogP contribution in [-0.2, 0) is 0 Å². The van der Waals surface area contributed by atoms with Crippen molar-refractivity contribution < 1.29 is 0 Å². The molecule has 3 heteroatoms. The molecule has 4 heterocycles. The van der Waals surface area contributed by atoms with Gasteiger partial charge >= 0.3 is 0 Å². The molecule has 0 unspecified atom stereocenters. The van der Waals surface area contributed by atoms with E-state index in [0.717, 1.165) is 0 Å². The summed E-state index contributed by atoms with van der Waals surface area (Å²) in [4.78, 5) is 0. The van der Waals surface area contributed by atoms with E-state index in [4.69, 9.17) is 0 Å². The third kappa shape index (κ3) is 3.03. The Bertz CT molecular complexity index is 2900. The van der Waals surface area contributed by atoms with Crippen molar-refractivity contribution in [1.82, 2.24) is 0 Å². The van der Waals surface area contributed by atoms with Crippen LogP contribution in [0.2, 0.25) is 19.6 Å². The van der Waals surface area contributed by atoms with Crippen LogP contribution in [0.25, 0.3) is 76.8 Å². The van der Waals surface area contributed by atoms with E-state index in [1.807, 2.05) is 0 Å². The summed E-state index contributed by atoms with van der Waals surface area (Å²) in [6.07, 6.45) is 0. The summed E-state index contributed by atoms with van der Waals surface area (Å²) in [6, 6.07) is 38.9. The molecule has 0 aliphatic carbocycles. The second-order valence-electron chi connectivity index (χ2n) is 16.6. The van der Waals surface area contributed by atoms with Gasteiger partial charge in [-0.2, -0.15) is 0 Å². The van der Waals surface area contributed by atoms with E-state index >= 15 is 0 Å². The van der Waals surface area contributed by atoms with Gasteiger partial charge in [0.05, 0.1) is 8.07 Å². The van der Waals surface area contributed by atoms with Crippen molar-refractivity contribution in [2.75, 3.05) is 0 Å². The Kier molecular flexibility index (Phi) is 4.67. The summed E-state index contributed by atoms with van der Waals surface area (Å²) >= 11 is 0. The zero-order chi connectivity index (χ0) is 32.8. The van der Waals surface area contributed by atoms with Gasteiger partial charge in [0.25, 0.3) is 0 Å². The molecule has 0 N–H and O–H groups in total. The maximum Gasteiger partial charge on any atom is 0.244 e. The number of benzene rings is 8. The van der Waals surface area contributed by atoms with Gasteiger partial charge in [0.15, 0.2) is 0 Å². The van der Waals surface area contributed by atoms with E-state index in [2.05, 4.69) is 137 Å². The van der Waals surface area contributed by atoms with Crippen LogP contribution in [0.4, 0.5) is 0 Å². The Labute approximate surface area is 289 Å². The summed E-state index contributed by atoms with van der Waals surface area (Å²) in [7, 11) is -1.79. The molecule has 0 spiro atoms. The van der Waals surface area contributed by atoms with Crippen LogP contribution >= 0.6 is 0 Å². The van der Waals surface area contributed by atoms with Crippen molar-refractivity contribution in [3.8, 4) is 44.5 Å². The molecule has 49 heavy (non-hydrogen) atoms. The molecule has 0 nitrogen and oxygen atoms in total. The van der Waals surface area contributed by atoms with Crippen LogP contribution in [-0.4, -0.2) is 21.5 Å². The molecule has 0 atom stereocenters. The largest absolute Gasteiger partial charge is 0.244 e. The lowest BCUT2D eigenvalue weighted by molar-refractivity contribution is 1.48. The SMILES string of the molecule is Cc1cc2c3c(c1)-c1cc(C)c4cc5c6c(cc([Si](C)(C)C)c7cc(c1c4c76)B3c1ccccc1-2)-c1cc(C)cc2c1B5c1ccccc1-2. The van der Waals surface area contributed by atoms with Gasteiger partial charge in [-0.05, 0) is 114 Å². The fourth-order valence-electron chi connectivity index (χ4n) is 11.0. The molecule has 228 valence electrons. The number of hydrogen-bond acceptors (Lipinski definition) is 0. The molecule has 0 aromatic heterocycles. The van der Waals surface area contributed by atoms with E-state index in [0.29, 0.717) is 0 Å². The van der Waals surface area contributed by atoms with Gasteiger partial charge < -0.3 is 0 Å². The van der Waals surface area contributed by atoms with Gasteiger partial charge in [-0.1, -0.05) is 155 Å². The predicted molar refractivity (Wildman–Crippen MR) is 218 cm³/mol. The zero-order valence-corrected chi connectivity index (χ0v) is 29.9. The Hall–Kier alpha value is -4.85. The molecule has 0 bridgehead atoms. The van der Waals surface area contributed by atoms with Crippen LogP contribution in [0.1, 0.15) is 16.7 Å².